The third kappa shape index (κ3) is 3.52. The van der Waals surface area contributed by atoms with Crippen LogP contribution in [0.1, 0.15) is 38.8 Å². The van der Waals surface area contributed by atoms with E-state index in [1.165, 1.54) is 17.1 Å². The first-order valence-electron chi connectivity index (χ1n) is 9.78. The average Bonchev–Trinajstić information content (AvgIpc) is 3.44. The smallest absolute Gasteiger partial charge is 0.267 e. The van der Waals surface area contributed by atoms with Gasteiger partial charge >= 0.3 is 0 Å². The van der Waals surface area contributed by atoms with Crippen LogP contribution in [0.2, 0.25) is 5.15 Å². The fraction of sp³-hybridized carbons (Fsp3) is 0.125. The highest BCUT2D eigenvalue weighted by atomic mass is 35.5. The first kappa shape index (κ1) is 19.8. The second kappa shape index (κ2) is 7.87. The normalized spacial score (nSPS) is 16.0. The van der Waals surface area contributed by atoms with Gasteiger partial charge in [0.1, 0.15) is 11.0 Å². The number of halogens is 2. The highest BCUT2D eigenvalue weighted by Gasteiger charge is 2.36. The largest absolute Gasteiger partial charge is 0.277 e. The molecule has 0 fully saturated rings. The molecule has 2 aromatic carbocycles. The summed E-state index contributed by atoms with van der Waals surface area (Å²) in [5.41, 5.74) is 3.28. The molecule has 2 aromatic heterocycles. The van der Waals surface area contributed by atoms with Crippen LogP contribution in [0.5, 0.6) is 0 Å². The molecule has 4 nitrogen and oxygen atoms in total. The Labute approximate surface area is 187 Å². The Morgan fingerprint density at radius 3 is 2.77 bits per heavy atom. The number of pyridine rings is 1. The van der Waals surface area contributed by atoms with Gasteiger partial charge in [0.05, 0.1) is 27.7 Å². The van der Waals surface area contributed by atoms with E-state index in [-0.39, 0.29) is 5.56 Å². The van der Waals surface area contributed by atoms with Gasteiger partial charge in [-0.25, -0.2) is 14.4 Å². The van der Waals surface area contributed by atoms with Crippen LogP contribution in [0.3, 0.4) is 0 Å². The van der Waals surface area contributed by atoms with Crippen LogP contribution >= 0.6 is 22.9 Å². The number of thiophene rings is 1. The lowest BCUT2D eigenvalue weighted by atomic mass is 9.99. The first-order valence-corrected chi connectivity index (χ1v) is 11.0. The zero-order valence-electron chi connectivity index (χ0n) is 16.5. The Kier molecular flexibility index (Phi) is 5.04. The summed E-state index contributed by atoms with van der Waals surface area (Å²) in [6, 6.07) is 17.2. The van der Waals surface area contributed by atoms with Crippen LogP contribution < -0.4 is 0 Å². The minimum absolute atomic E-state index is 0.0237. The summed E-state index contributed by atoms with van der Waals surface area (Å²) >= 11 is 8.15. The third-order valence-electron chi connectivity index (χ3n) is 5.42. The molecule has 154 valence electrons. The van der Waals surface area contributed by atoms with Crippen molar-refractivity contribution in [1.82, 2.24) is 9.99 Å². The number of nitrogens with zero attached hydrogens (tertiary/aromatic N) is 3. The molecule has 1 aliphatic heterocycles. The van der Waals surface area contributed by atoms with Crippen molar-refractivity contribution >= 4 is 45.5 Å². The molecule has 3 heterocycles. The molecule has 1 unspecified atom stereocenters. The number of aromatic nitrogens is 1. The number of hydrogen-bond acceptors (Lipinski definition) is 4. The van der Waals surface area contributed by atoms with Gasteiger partial charge in [0.2, 0.25) is 0 Å². The van der Waals surface area contributed by atoms with E-state index < -0.39 is 17.8 Å². The SMILES string of the molecule is Cc1cccc2cc(C3CC(c4cccs4)=NN3C(=O)c3ccccc3F)c(Cl)nc12. The summed E-state index contributed by atoms with van der Waals surface area (Å²) in [6.07, 6.45) is 0.472. The van der Waals surface area contributed by atoms with Gasteiger partial charge in [-0.1, -0.05) is 48.0 Å². The van der Waals surface area contributed by atoms with Crippen LogP contribution in [0, 0.1) is 12.7 Å². The van der Waals surface area contributed by atoms with Crippen molar-refractivity contribution in [3.05, 3.63) is 98.6 Å². The number of rotatable bonds is 3. The molecule has 4 aromatic rings. The van der Waals surface area contributed by atoms with Gasteiger partial charge in [-0.05, 0) is 42.1 Å². The van der Waals surface area contributed by atoms with Crippen LogP contribution in [0.4, 0.5) is 4.39 Å². The van der Waals surface area contributed by atoms with E-state index in [1.54, 1.807) is 23.5 Å². The summed E-state index contributed by atoms with van der Waals surface area (Å²) in [5, 5.41) is 9.16. The van der Waals surface area contributed by atoms with E-state index in [2.05, 4.69) is 10.1 Å². The van der Waals surface area contributed by atoms with Gasteiger partial charge in [-0.3, -0.25) is 4.79 Å². The monoisotopic (exact) mass is 449 g/mol. The van der Waals surface area contributed by atoms with Gasteiger partial charge in [0.15, 0.2) is 0 Å². The molecule has 0 spiro atoms. The van der Waals surface area contributed by atoms with Crippen LogP contribution in [0.15, 0.2) is 71.1 Å². The van der Waals surface area contributed by atoms with Crippen molar-refractivity contribution in [3.63, 3.8) is 0 Å². The molecule has 1 aliphatic rings. The molecule has 1 atom stereocenters. The van der Waals surface area contributed by atoms with E-state index in [1.807, 2.05) is 48.7 Å². The number of carbonyl (C=O) groups excluding carboxylic acids is 1. The lowest BCUT2D eigenvalue weighted by Crippen LogP contribution is -2.28. The summed E-state index contributed by atoms with van der Waals surface area (Å²) in [5.74, 6) is -1.08. The average molecular weight is 450 g/mol. The molecule has 1 amide bonds. The maximum absolute atomic E-state index is 14.4. The predicted octanol–water partition coefficient (Wildman–Crippen LogP) is 6.39. The lowest BCUT2D eigenvalue weighted by molar-refractivity contribution is 0.0706. The lowest BCUT2D eigenvalue weighted by Gasteiger charge is -2.23. The Morgan fingerprint density at radius 1 is 1.16 bits per heavy atom. The predicted molar refractivity (Wildman–Crippen MR) is 122 cm³/mol. The minimum atomic E-state index is -0.579. The number of amides is 1. The van der Waals surface area contributed by atoms with Gasteiger partial charge in [0, 0.05) is 17.4 Å². The Balaban J connectivity index is 1.63. The topological polar surface area (TPSA) is 45.6 Å². The number of fused-ring (bicyclic) bond motifs is 1. The molecule has 0 N–H and O–H groups in total. The maximum atomic E-state index is 14.4. The zero-order chi connectivity index (χ0) is 21.5. The van der Waals surface area contributed by atoms with E-state index in [9.17, 15) is 9.18 Å². The van der Waals surface area contributed by atoms with E-state index in [4.69, 9.17) is 11.6 Å². The second-order valence-corrected chi connectivity index (χ2v) is 8.69. The summed E-state index contributed by atoms with van der Waals surface area (Å²) in [6.45, 7) is 1.98. The Hall–Kier alpha value is -3.09. The molecule has 0 radical (unpaired) electrons. The number of hydrogen-bond donors (Lipinski definition) is 0. The van der Waals surface area contributed by atoms with E-state index in [0.717, 1.165) is 27.1 Å². The Morgan fingerprint density at radius 2 is 2.00 bits per heavy atom. The fourth-order valence-corrected chi connectivity index (χ4v) is 4.85. The molecule has 0 aliphatic carbocycles. The standard InChI is InChI=1S/C24H17ClFN3OS/c1-14-6-4-7-15-12-17(23(25)27-22(14)15)20-13-19(21-10-5-11-31-21)28-29(20)24(30)16-8-2-3-9-18(16)26/h2-12,20H,13H2,1H3. The summed E-state index contributed by atoms with van der Waals surface area (Å²) in [4.78, 5) is 18.9. The quantitative estimate of drug-likeness (QED) is 0.340. The maximum Gasteiger partial charge on any atom is 0.277 e. The zero-order valence-corrected chi connectivity index (χ0v) is 18.1. The van der Waals surface area contributed by atoms with Crippen molar-refractivity contribution < 1.29 is 9.18 Å². The summed E-state index contributed by atoms with van der Waals surface area (Å²) < 4.78 is 14.4. The minimum Gasteiger partial charge on any atom is -0.267 e. The molecule has 0 saturated carbocycles. The number of benzene rings is 2. The van der Waals surface area contributed by atoms with Crippen LogP contribution in [-0.2, 0) is 0 Å². The highest BCUT2D eigenvalue weighted by Crippen LogP contribution is 2.39. The van der Waals surface area contributed by atoms with E-state index in [0.29, 0.717) is 17.1 Å². The molecule has 0 saturated heterocycles. The highest BCUT2D eigenvalue weighted by molar-refractivity contribution is 7.12. The first-order chi connectivity index (χ1) is 15.0. The number of aryl methyl sites for hydroxylation is 1. The van der Waals surface area contributed by atoms with Crippen molar-refractivity contribution in [1.29, 1.82) is 0 Å². The number of hydrazone groups is 1. The van der Waals surface area contributed by atoms with Crippen LogP contribution in [-0.4, -0.2) is 21.6 Å². The van der Waals surface area contributed by atoms with Gasteiger partial charge in [0.25, 0.3) is 5.91 Å². The summed E-state index contributed by atoms with van der Waals surface area (Å²) in [7, 11) is 0. The van der Waals surface area contributed by atoms with Gasteiger partial charge in [-0.2, -0.15) is 5.10 Å². The molecular formula is C24H17ClFN3OS. The van der Waals surface area contributed by atoms with Crippen molar-refractivity contribution in [3.8, 4) is 0 Å². The molecule has 7 heteroatoms. The fourth-order valence-electron chi connectivity index (χ4n) is 3.86. The molecule has 5 rings (SSSR count). The molecular weight excluding hydrogens is 433 g/mol. The third-order valence-corrected chi connectivity index (χ3v) is 6.64. The van der Waals surface area contributed by atoms with Crippen molar-refractivity contribution in [2.45, 2.75) is 19.4 Å². The van der Waals surface area contributed by atoms with Gasteiger partial charge < -0.3 is 0 Å². The number of carbonyl (C=O) groups is 1. The van der Waals surface area contributed by atoms with E-state index >= 15 is 0 Å². The van der Waals surface area contributed by atoms with Crippen molar-refractivity contribution in [2.75, 3.05) is 0 Å². The molecule has 31 heavy (non-hydrogen) atoms. The van der Waals surface area contributed by atoms with Crippen molar-refractivity contribution in [2.24, 2.45) is 5.10 Å². The van der Waals surface area contributed by atoms with Crippen LogP contribution in [0.25, 0.3) is 10.9 Å². The van der Waals surface area contributed by atoms with Gasteiger partial charge in [-0.15, -0.1) is 11.3 Å². The molecule has 0 bridgehead atoms. The second-order valence-electron chi connectivity index (χ2n) is 7.39. The Bertz CT molecular complexity index is 1340. The number of para-hydroxylation sites is 1.